The number of anilines is 1. The molecule has 1 aromatic rings. The Kier molecular flexibility index (Phi) is 3.62. The minimum Gasteiger partial charge on any atom is -0.402 e. The lowest BCUT2D eigenvalue weighted by molar-refractivity contribution is -0.369. The van der Waals surface area contributed by atoms with Gasteiger partial charge >= 0.3 is 18.1 Å². The van der Waals surface area contributed by atoms with E-state index in [1.54, 1.807) is 0 Å². The number of fused-ring (bicyclic) bond motifs is 1. The summed E-state index contributed by atoms with van der Waals surface area (Å²) in [5, 5.41) is 1.86. The number of cyclic esters (lactones) is 1. The average molecular weight is 309 g/mol. The second-order valence-electron chi connectivity index (χ2n) is 4.01. The molecule has 0 aromatic heterocycles. The molecule has 1 unspecified atom stereocenters. The van der Waals surface area contributed by atoms with Gasteiger partial charge in [-0.15, -0.1) is 6.58 Å². The Morgan fingerprint density at radius 2 is 2.05 bits per heavy atom. The third-order valence-electron chi connectivity index (χ3n) is 2.67. The molecule has 2 rings (SSSR count). The molecular weight excluding hydrogens is 301 g/mol. The lowest BCUT2D eigenvalue weighted by Crippen LogP contribution is -2.53. The van der Waals surface area contributed by atoms with Gasteiger partial charge in [0.1, 0.15) is 0 Å². The largest absolute Gasteiger partial charge is 0.460 e. The molecule has 1 heterocycles. The predicted molar refractivity (Wildman–Crippen MR) is 60.3 cm³/mol. The highest BCUT2D eigenvalue weighted by Gasteiger charge is 2.65. The molecule has 114 valence electrons. The van der Waals surface area contributed by atoms with E-state index in [4.69, 9.17) is 0 Å². The Labute approximate surface area is 115 Å². The minimum atomic E-state index is -5.34. The summed E-state index contributed by atoms with van der Waals surface area (Å²) in [6.07, 6.45) is -5.90. The number of amides is 1. The second-order valence-corrected chi connectivity index (χ2v) is 4.01. The normalized spacial score (nSPS) is 21.3. The van der Waals surface area contributed by atoms with E-state index in [1.807, 2.05) is 5.32 Å². The minimum absolute atomic E-state index is 0.578. The van der Waals surface area contributed by atoms with E-state index in [1.165, 1.54) is 0 Å². The molecule has 0 fully saturated rings. The molecule has 1 amide bonds. The van der Waals surface area contributed by atoms with Gasteiger partial charge in [0.05, 0.1) is 17.9 Å². The van der Waals surface area contributed by atoms with Crippen molar-refractivity contribution >= 4 is 11.8 Å². The first-order valence-electron chi connectivity index (χ1n) is 5.53. The summed E-state index contributed by atoms with van der Waals surface area (Å²) in [5.41, 5.74) is -1.87. The Balaban J connectivity index is 2.74. The van der Waals surface area contributed by atoms with Crippen LogP contribution in [0.25, 0.3) is 0 Å². The molecule has 21 heavy (non-hydrogen) atoms. The van der Waals surface area contributed by atoms with Crippen LogP contribution < -0.4 is 5.32 Å². The summed E-state index contributed by atoms with van der Waals surface area (Å²) in [6.45, 7) is 2.45. The van der Waals surface area contributed by atoms with E-state index in [0.29, 0.717) is 6.07 Å². The molecule has 0 aliphatic carbocycles. The van der Waals surface area contributed by atoms with Gasteiger partial charge in [-0.25, -0.2) is 13.6 Å². The molecule has 1 atom stereocenters. The van der Waals surface area contributed by atoms with Gasteiger partial charge in [-0.05, 0) is 12.1 Å². The molecule has 9 heteroatoms. The van der Waals surface area contributed by atoms with E-state index in [9.17, 15) is 26.7 Å². The Hall–Kier alpha value is -2.16. The van der Waals surface area contributed by atoms with Crippen molar-refractivity contribution in [3.8, 4) is 0 Å². The van der Waals surface area contributed by atoms with Crippen LogP contribution in [0.5, 0.6) is 0 Å². The number of nitrogens with one attached hydrogen (secondary N) is 1. The van der Waals surface area contributed by atoms with Crippen LogP contribution in [0, 0.1) is 11.6 Å². The van der Waals surface area contributed by atoms with Crippen LogP contribution in [0.1, 0.15) is 5.56 Å². The number of carbonyl (C=O) groups is 1. The van der Waals surface area contributed by atoms with Crippen LogP contribution in [-0.4, -0.2) is 18.9 Å². The van der Waals surface area contributed by atoms with Crippen LogP contribution in [0.15, 0.2) is 24.8 Å². The van der Waals surface area contributed by atoms with Gasteiger partial charge in [0.2, 0.25) is 0 Å². The summed E-state index contributed by atoms with van der Waals surface area (Å²) in [6, 6.07) is 1.36. The van der Waals surface area contributed by atoms with Crippen molar-refractivity contribution in [1.29, 1.82) is 0 Å². The van der Waals surface area contributed by atoms with Gasteiger partial charge < -0.3 is 9.47 Å². The average Bonchev–Trinajstić information content (AvgIpc) is 2.38. The maximum Gasteiger partial charge on any atom is 0.460 e. The van der Waals surface area contributed by atoms with Crippen LogP contribution in [0.2, 0.25) is 0 Å². The maximum absolute atomic E-state index is 13.9. The first-order chi connectivity index (χ1) is 9.73. The highest BCUT2D eigenvalue weighted by Crippen LogP contribution is 2.49. The lowest BCUT2D eigenvalue weighted by Gasteiger charge is -2.38. The van der Waals surface area contributed by atoms with E-state index >= 15 is 0 Å². The van der Waals surface area contributed by atoms with Gasteiger partial charge in [-0.3, -0.25) is 5.32 Å². The number of rotatable bonds is 3. The number of halogens is 5. The summed E-state index contributed by atoms with van der Waals surface area (Å²) >= 11 is 0. The zero-order valence-corrected chi connectivity index (χ0v) is 10.3. The fraction of sp³-hybridized carbons (Fsp3) is 0.250. The second kappa shape index (κ2) is 4.99. The van der Waals surface area contributed by atoms with Crippen molar-refractivity contribution in [1.82, 2.24) is 0 Å². The molecule has 4 nitrogen and oxygen atoms in total. The smallest absolute Gasteiger partial charge is 0.402 e. The highest BCUT2D eigenvalue weighted by atomic mass is 19.4. The first-order valence-corrected chi connectivity index (χ1v) is 5.53. The molecule has 1 aliphatic heterocycles. The molecule has 1 aliphatic rings. The molecule has 0 saturated carbocycles. The van der Waals surface area contributed by atoms with Crippen LogP contribution in [0.3, 0.4) is 0 Å². The van der Waals surface area contributed by atoms with Crippen molar-refractivity contribution < 1.29 is 36.2 Å². The van der Waals surface area contributed by atoms with Crippen molar-refractivity contribution in [2.75, 3.05) is 11.9 Å². The number of alkyl halides is 3. The Morgan fingerprint density at radius 3 is 2.62 bits per heavy atom. The molecule has 0 spiro atoms. The van der Waals surface area contributed by atoms with E-state index in [2.05, 4.69) is 16.1 Å². The SMILES string of the molecule is C=CCOC1(C(F)(F)F)OC(=O)Nc2ccc(F)c(F)c21. The van der Waals surface area contributed by atoms with Crippen molar-refractivity contribution in [3.63, 3.8) is 0 Å². The zero-order chi connectivity index (χ0) is 15.8. The highest BCUT2D eigenvalue weighted by molar-refractivity contribution is 5.88. The fourth-order valence-corrected chi connectivity index (χ4v) is 1.85. The Morgan fingerprint density at radius 1 is 1.38 bits per heavy atom. The molecule has 0 radical (unpaired) electrons. The standard InChI is InChI=1S/C12H8F5NO3/c1-2-5-20-11(12(15,16)17)8-7(18-10(19)21-11)4-3-6(13)9(8)14/h2-4H,1,5H2,(H,18,19). The van der Waals surface area contributed by atoms with E-state index < -0.39 is 47.5 Å². The first kappa shape index (κ1) is 15.2. The summed E-state index contributed by atoms with van der Waals surface area (Å²) < 4.78 is 75.7. The Bertz CT molecular complexity index is 601. The number of benzene rings is 1. The van der Waals surface area contributed by atoms with Gasteiger partial charge in [0, 0.05) is 0 Å². The van der Waals surface area contributed by atoms with Crippen LogP contribution >= 0.6 is 0 Å². The topological polar surface area (TPSA) is 47.6 Å². The number of hydrogen-bond acceptors (Lipinski definition) is 3. The van der Waals surface area contributed by atoms with Gasteiger partial charge in [0.15, 0.2) is 11.6 Å². The van der Waals surface area contributed by atoms with Crippen molar-refractivity contribution in [3.05, 3.63) is 42.0 Å². The fourth-order valence-electron chi connectivity index (χ4n) is 1.85. The predicted octanol–water partition coefficient (Wildman–Crippen LogP) is 3.44. The summed E-state index contributed by atoms with van der Waals surface area (Å²) in [7, 11) is 0. The lowest BCUT2D eigenvalue weighted by atomic mass is 10.00. The molecule has 1 N–H and O–H groups in total. The number of carbonyl (C=O) groups excluding carboxylic acids is 1. The van der Waals surface area contributed by atoms with Gasteiger partial charge in [-0.1, -0.05) is 6.08 Å². The molecule has 1 aromatic carbocycles. The van der Waals surface area contributed by atoms with Gasteiger partial charge in [-0.2, -0.15) is 13.2 Å². The van der Waals surface area contributed by atoms with Gasteiger partial charge in [0.25, 0.3) is 0 Å². The quantitative estimate of drug-likeness (QED) is 0.687. The van der Waals surface area contributed by atoms with E-state index in [-0.39, 0.29) is 0 Å². The van der Waals surface area contributed by atoms with E-state index in [0.717, 1.165) is 12.1 Å². The summed E-state index contributed by atoms with van der Waals surface area (Å²) in [5.74, 6) is -7.11. The third kappa shape index (κ3) is 2.33. The van der Waals surface area contributed by atoms with Crippen molar-refractivity contribution in [2.45, 2.75) is 12.0 Å². The number of ether oxygens (including phenoxy) is 2. The summed E-state index contributed by atoms with van der Waals surface area (Å²) in [4.78, 5) is 11.3. The molecule has 0 bridgehead atoms. The van der Waals surface area contributed by atoms with Crippen LogP contribution in [0.4, 0.5) is 32.4 Å². The zero-order valence-electron chi connectivity index (χ0n) is 10.3. The maximum atomic E-state index is 13.9. The number of hydrogen-bond donors (Lipinski definition) is 1. The monoisotopic (exact) mass is 309 g/mol. The molecule has 0 saturated heterocycles. The third-order valence-corrected chi connectivity index (χ3v) is 2.67. The molecular formula is C12H8F5NO3. The van der Waals surface area contributed by atoms with Crippen LogP contribution in [-0.2, 0) is 15.3 Å². The van der Waals surface area contributed by atoms with Crippen molar-refractivity contribution in [2.24, 2.45) is 0 Å².